The third-order valence-corrected chi connectivity index (χ3v) is 17.9. The SMILES string of the molecule is COP1(Oc2ccccc2)=N[P+](OC)(Oc2ccccc2)N[P+](OC)(Oc2ccccc2)N[P+](OC)(Oc2ccccc2)N1. The summed E-state index contributed by atoms with van der Waals surface area (Å²) in [6, 6.07) is 36.7. The molecule has 12 nitrogen and oxygen atoms in total. The summed E-state index contributed by atoms with van der Waals surface area (Å²) in [7, 11) is -8.29. The van der Waals surface area contributed by atoms with Crippen LogP contribution in [0.1, 0.15) is 0 Å². The van der Waals surface area contributed by atoms with E-state index in [9.17, 15) is 0 Å². The Morgan fingerprint density at radius 1 is 0.500 bits per heavy atom. The maximum absolute atomic E-state index is 6.57. The van der Waals surface area contributed by atoms with Crippen LogP contribution in [0.25, 0.3) is 0 Å². The van der Waals surface area contributed by atoms with E-state index in [0.717, 1.165) is 0 Å². The zero-order valence-electron chi connectivity index (χ0n) is 24.5. The van der Waals surface area contributed by atoms with Crippen LogP contribution in [-0.4, -0.2) is 28.4 Å². The molecular formula is C28H35N4O8P4+3. The summed E-state index contributed by atoms with van der Waals surface area (Å²) in [5.41, 5.74) is 0. The Hall–Kier alpha value is -2.68. The quantitative estimate of drug-likeness (QED) is 0.125. The van der Waals surface area contributed by atoms with Crippen LogP contribution in [0.4, 0.5) is 0 Å². The lowest BCUT2D eigenvalue weighted by Gasteiger charge is -2.32. The highest BCUT2D eigenvalue weighted by Crippen LogP contribution is 2.80. The van der Waals surface area contributed by atoms with E-state index in [1.54, 1.807) is 48.5 Å². The summed E-state index contributed by atoms with van der Waals surface area (Å²) >= 11 is 0. The molecule has 0 saturated heterocycles. The molecule has 16 heteroatoms. The van der Waals surface area contributed by atoms with Crippen molar-refractivity contribution in [3.05, 3.63) is 121 Å². The Morgan fingerprint density at radius 2 is 0.932 bits per heavy atom. The minimum absolute atomic E-state index is 0.482. The molecule has 4 unspecified atom stereocenters. The van der Waals surface area contributed by atoms with E-state index in [4.69, 9.17) is 40.7 Å². The molecule has 0 radical (unpaired) electrons. The summed E-state index contributed by atoms with van der Waals surface area (Å²) < 4.78 is 55.9. The molecule has 0 spiro atoms. The van der Waals surface area contributed by atoms with Gasteiger partial charge in [-0.2, -0.15) is 13.6 Å². The molecule has 1 heterocycles. The second kappa shape index (κ2) is 14.6. The third kappa shape index (κ3) is 7.93. The van der Waals surface area contributed by atoms with Crippen LogP contribution in [0.15, 0.2) is 126 Å². The number of para-hydroxylation sites is 4. The Morgan fingerprint density at radius 3 is 1.36 bits per heavy atom. The maximum atomic E-state index is 6.57. The number of hydrogen-bond acceptors (Lipinski definition) is 12. The molecule has 1 aliphatic heterocycles. The largest absolute Gasteiger partial charge is 0.571 e. The van der Waals surface area contributed by atoms with Gasteiger partial charge < -0.3 is 9.05 Å². The van der Waals surface area contributed by atoms with Gasteiger partial charge in [-0.15, -0.1) is 0 Å². The average molecular weight is 680 g/mol. The summed E-state index contributed by atoms with van der Waals surface area (Å²) in [5.74, 6) is 1.96. The highest BCUT2D eigenvalue weighted by Gasteiger charge is 2.75. The Kier molecular flexibility index (Phi) is 10.9. The predicted molar refractivity (Wildman–Crippen MR) is 176 cm³/mol. The predicted octanol–water partition coefficient (Wildman–Crippen LogP) is 8.65. The molecule has 0 saturated carbocycles. The third-order valence-electron chi connectivity index (χ3n) is 5.92. The van der Waals surface area contributed by atoms with Crippen LogP contribution in [0, 0.1) is 0 Å². The molecule has 4 atom stereocenters. The minimum atomic E-state index is -3.61. The van der Waals surface area contributed by atoms with Crippen molar-refractivity contribution < 1.29 is 36.2 Å². The summed E-state index contributed by atoms with van der Waals surface area (Å²) in [4.78, 5) is 10.2. The first-order chi connectivity index (χ1) is 21.4. The first-order valence-electron chi connectivity index (χ1n) is 13.3. The highest BCUT2D eigenvalue weighted by molar-refractivity contribution is 7.90. The fourth-order valence-electron chi connectivity index (χ4n) is 3.88. The van der Waals surface area contributed by atoms with Crippen molar-refractivity contribution in [2.45, 2.75) is 0 Å². The van der Waals surface area contributed by atoms with E-state index in [2.05, 4.69) is 14.6 Å². The molecule has 1 aliphatic rings. The number of hydrogen-bond donors (Lipinski definition) is 3. The smallest absolute Gasteiger partial charge is 0.423 e. The van der Waals surface area contributed by atoms with Gasteiger partial charge in [0.2, 0.25) is 0 Å². The summed E-state index contributed by atoms with van der Waals surface area (Å²) in [6.07, 6.45) is 0. The maximum Gasteiger partial charge on any atom is 0.571 e. The highest BCUT2D eigenvalue weighted by atomic mass is 31.3. The topological polar surface area (TPSA) is 122 Å². The van der Waals surface area contributed by atoms with Gasteiger partial charge in [0, 0.05) is 11.6 Å². The van der Waals surface area contributed by atoms with Gasteiger partial charge in [0.25, 0.3) is 0 Å². The van der Waals surface area contributed by atoms with Crippen molar-refractivity contribution in [3.8, 4) is 23.0 Å². The molecule has 44 heavy (non-hydrogen) atoms. The van der Waals surface area contributed by atoms with Crippen molar-refractivity contribution >= 4 is 31.7 Å². The molecule has 3 N–H and O–H groups in total. The molecular weight excluding hydrogens is 644 g/mol. The second-order valence-electron chi connectivity index (χ2n) is 8.88. The lowest BCUT2D eigenvalue weighted by atomic mass is 10.3. The number of nitrogens with one attached hydrogen (secondary N) is 3. The van der Waals surface area contributed by atoms with Gasteiger partial charge in [-0.05, 0) is 53.4 Å². The van der Waals surface area contributed by atoms with E-state index in [0.29, 0.717) is 23.0 Å². The van der Waals surface area contributed by atoms with Gasteiger partial charge in [-0.1, -0.05) is 72.8 Å². The van der Waals surface area contributed by atoms with Gasteiger partial charge >= 0.3 is 31.7 Å². The molecule has 0 aromatic heterocycles. The zero-order valence-corrected chi connectivity index (χ0v) is 28.1. The van der Waals surface area contributed by atoms with Crippen LogP contribution >= 0.6 is 31.7 Å². The Bertz CT molecular complexity index is 1530. The minimum Gasteiger partial charge on any atom is -0.423 e. The van der Waals surface area contributed by atoms with Gasteiger partial charge in [0.1, 0.15) is 5.75 Å². The molecule has 4 aromatic carbocycles. The molecule has 0 bridgehead atoms. The van der Waals surface area contributed by atoms with Crippen molar-refractivity contribution in [2.75, 3.05) is 28.4 Å². The number of rotatable bonds is 12. The fraction of sp³-hybridized carbons (Fsp3) is 0.143. The molecule has 0 amide bonds. The van der Waals surface area contributed by atoms with Gasteiger partial charge in [0.15, 0.2) is 17.2 Å². The molecule has 0 fully saturated rings. The van der Waals surface area contributed by atoms with Gasteiger partial charge in [-0.25, -0.2) is 0 Å². The molecule has 5 rings (SSSR count). The van der Waals surface area contributed by atoms with Gasteiger partial charge in [-0.3, -0.25) is 13.6 Å². The first kappa shape index (κ1) is 32.7. The number of benzene rings is 4. The van der Waals surface area contributed by atoms with Crippen LogP contribution in [0.5, 0.6) is 23.0 Å². The van der Waals surface area contributed by atoms with Crippen LogP contribution in [0.2, 0.25) is 0 Å². The number of nitrogens with zero attached hydrogens (tertiary/aromatic N) is 1. The van der Waals surface area contributed by atoms with Gasteiger partial charge in [0.05, 0.1) is 31.0 Å². The summed E-state index contributed by atoms with van der Waals surface area (Å²) in [6.45, 7) is 0. The Balaban J connectivity index is 1.74. The lowest BCUT2D eigenvalue weighted by Crippen LogP contribution is -2.41. The van der Waals surface area contributed by atoms with Crippen molar-refractivity contribution in [1.29, 1.82) is 0 Å². The first-order valence-corrected chi connectivity index (χ1v) is 19.7. The zero-order chi connectivity index (χ0) is 30.9. The standard InChI is InChI=1S/C28H35N4O8P4/c1-33-41(37-25-17-9-5-10-18-25)29-42(34-2,38-26-19-11-6-12-20-26)31-44(36-4,40-28-23-15-8-16-24-28)32-43(30-41,35-3)39-27-21-13-7-14-22-27/h5-24,29-31H,1-4H3/q+3. The van der Waals surface area contributed by atoms with Crippen LogP contribution < -0.4 is 32.7 Å². The fourth-order valence-corrected chi connectivity index (χ4v) is 17.1. The molecule has 232 valence electrons. The van der Waals surface area contributed by atoms with Crippen molar-refractivity contribution in [3.63, 3.8) is 0 Å². The molecule has 4 aromatic rings. The van der Waals surface area contributed by atoms with Crippen molar-refractivity contribution in [2.24, 2.45) is 4.52 Å². The summed E-state index contributed by atoms with van der Waals surface area (Å²) in [5, 5.41) is 0. The lowest BCUT2D eigenvalue weighted by molar-refractivity contribution is 0.317. The van der Waals surface area contributed by atoms with E-state index in [1.165, 1.54) is 28.4 Å². The Labute approximate surface area is 259 Å². The molecule has 0 aliphatic carbocycles. The monoisotopic (exact) mass is 679 g/mol. The van der Waals surface area contributed by atoms with E-state index >= 15 is 0 Å². The normalized spacial score (nSPS) is 26.8. The van der Waals surface area contributed by atoms with Crippen LogP contribution in [-0.2, 0) is 18.1 Å². The van der Waals surface area contributed by atoms with E-state index in [1.807, 2.05) is 72.8 Å². The van der Waals surface area contributed by atoms with E-state index in [-0.39, 0.29) is 0 Å². The van der Waals surface area contributed by atoms with E-state index < -0.39 is 31.7 Å². The second-order valence-corrected chi connectivity index (χ2v) is 18.5. The average Bonchev–Trinajstić information content (AvgIpc) is 3.06. The van der Waals surface area contributed by atoms with Crippen molar-refractivity contribution in [1.82, 2.24) is 14.6 Å². The van der Waals surface area contributed by atoms with Crippen LogP contribution in [0.3, 0.4) is 0 Å².